The zero-order valence-corrected chi connectivity index (χ0v) is 12.2. The summed E-state index contributed by atoms with van der Waals surface area (Å²) in [6.45, 7) is 3.19. The maximum absolute atomic E-state index is 4.62. The van der Waals surface area contributed by atoms with E-state index in [1.54, 1.807) is 0 Å². The van der Waals surface area contributed by atoms with Crippen molar-refractivity contribution in [3.63, 3.8) is 0 Å². The molecule has 0 saturated carbocycles. The van der Waals surface area contributed by atoms with E-state index in [0.717, 1.165) is 19.4 Å². The van der Waals surface area contributed by atoms with Gasteiger partial charge in [-0.25, -0.2) is 4.68 Å². The molecule has 3 nitrogen and oxygen atoms in total. The topological polar surface area (TPSA) is 29.9 Å². The van der Waals surface area contributed by atoms with E-state index in [1.807, 2.05) is 6.20 Å². The van der Waals surface area contributed by atoms with Gasteiger partial charge in [-0.1, -0.05) is 43.3 Å². The number of fused-ring (bicyclic) bond motifs is 2. The van der Waals surface area contributed by atoms with Crippen molar-refractivity contribution in [2.75, 3.05) is 11.9 Å². The molecule has 0 bridgehead atoms. The minimum absolute atomic E-state index is 0.339. The summed E-state index contributed by atoms with van der Waals surface area (Å²) in [7, 11) is 0. The van der Waals surface area contributed by atoms with Crippen LogP contribution in [-0.2, 0) is 6.42 Å². The van der Waals surface area contributed by atoms with Crippen LogP contribution < -0.4 is 5.32 Å². The first-order valence-electron chi connectivity index (χ1n) is 7.66. The van der Waals surface area contributed by atoms with Crippen LogP contribution in [0.3, 0.4) is 0 Å². The second-order valence-electron chi connectivity index (χ2n) is 5.65. The van der Waals surface area contributed by atoms with Crippen LogP contribution in [0.15, 0.2) is 48.7 Å². The second-order valence-corrected chi connectivity index (χ2v) is 5.65. The predicted octanol–water partition coefficient (Wildman–Crippen LogP) is 4.00. The van der Waals surface area contributed by atoms with Gasteiger partial charge in [-0.15, -0.1) is 0 Å². The van der Waals surface area contributed by atoms with Gasteiger partial charge in [-0.2, -0.15) is 5.10 Å². The van der Waals surface area contributed by atoms with E-state index in [1.165, 1.54) is 27.7 Å². The van der Waals surface area contributed by atoms with E-state index >= 15 is 0 Å². The molecule has 0 saturated heterocycles. The van der Waals surface area contributed by atoms with Crippen molar-refractivity contribution in [2.24, 2.45) is 0 Å². The van der Waals surface area contributed by atoms with Crippen molar-refractivity contribution < 1.29 is 0 Å². The van der Waals surface area contributed by atoms with E-state index in [-0.39, 0.29) is 0 Å². The Morgan fingerprint density at radius 3 is 2.90 bits per heavy atom. The lowest BCUT2D eigenvalue weighted by molar-refractivity contribution is 0.482. The first-order chi connectivity index (χ1) is 10.4. The molecular weight excluding hydrogens is 258 g/mol. The van der Waals surface area contributed by atoms with Crippen LogP contribution in [0.25, 0.3) is 10.8 Å². The normalized spacial score (nSPS) is 17.5. The molecule has 3 heteroatoms. The van der Waals surface area contributed by atoms with Crippen LogP contribution in [0.4, 0.5) is 5.82 Å². The maximum Gasteiger partial charge on any atom is 0.128 e. The summed E-state index contributed by atoms with van der Waals surface area (Å²) >= 11 is 0. The van der Waals surface area contributed by atoms with Gasteiger partial charge in [0.05, 0.1) is 12.2 Å². The minimum atomic E-state index is 0.339. The van der Waals surface area contributed by atoms with E-state index < -0.39 is 0 Å². The van der Waals surface area contributed by atoms with Crippen molar-refractivity contribution in [2.45, 2.75) is 25.8 Å². The summed E-state index contributed by atoms with van der Waals surface area (Å²) in [5.74, 6) is 1.20. The Morgan fingerprint density at radius 2 is 2.05 bits per heavy atom. The fourth-order valence-corrected chi connectivity index (χ4v) is 3.26. The van der Waals surface area contributed by atoms with Crippen LogP contribution in [-0.4, -0.2) is 16.3 Å². The molecule has 4 rings (SSSR count). The number of aromatic nitrogens is 2. The quantitative estimate of drug-likeness (QED) is 0.767. The number of aryl methyl sites for hydroxylation is 1. The SMILES string of the molecule is CCc1cnn2c1NCCC2c1ccc2ccccc2c1. The number of anilines is 1. The largest absolute Gasteiger partial charge is 0.370 e. The number of hydrogen-bond donors (Lipinski definition) is 1. The van der Waals surface area contributed by atoms with Crippen LogP contribution in [0, 0.1) is 0 Å². The summed E-state index contributed by atoms with van der Waals surface area (Å²) < 4.78 is 2.16. The highest BCUT2D eigenvalue weighted by molar-refractivity contribution is 5.83. The van der Waals surface area contributed by atoms with Crippen molar-refractivity contribution in [3.05, 3.63) is 59.8 Å². The molecular formula is C18H19N3. The average molecular weight is 277 g/mol. The molecule has 1 aromatic heterocycles. The summed E-state index contributed by atoms with van der Waals surface area (Å²) in [4.78, 5) is 0. The number of nitrogens with zero attached hydrogens (tertiary/aromatic N) is 2. The van der Waals surface area contributed by atoms with Crippen molar-refractivity contribution in [1.29, 1.82) is 0 Å². The van der Waals surface area contributed by atoms with Gasteiger partial charge in [0.15, 0.2) is 0 Å². The van der Waals surface area contributed by atoms with E-state index in [4.69, 9.17) is 0 Å². The Morgan fingerprint density at radius 1 is 1.19 bits per heavy atom. The van der Waals surface area contributed by atoms with Crippen molar-refractivity contribution in [3.8, 4) is 0 Å². The third-order valence-electron chi connectivity index (χ3n) is 4.42. The monoisotopic (exact) mass is 277 g/mol. The van der Waals surface area contributed by atoms with Gasteiger partial charge in [-0.3, -0.25) is 0 Å². The molecule has 1 aliphatic heterocycles. The maximum atomic E-state index is 4.62. The summed E-state index contributed by atoms with van der Waals surface area (Å²) in [5, 5.41) is 10.7. The summed E-state index contributed by atoms with van der Waals surface area (Å²) in [6, 6.07) is 15.6. The lowest BCUT2D eigenvalue weighted by Gasteiger charge is -2.27. The van der Waals surface area contributed by atoms with Crippen LogP contribution in [0.5, 0.6) is 0 Å². The van der Waals surface area contributed by atoms with E-state index in [9.17, 15) is 0 Å². The van der Waals surface area contributed by atoms with Gasteiger partial charge in [0.25, 0.3) is 0 Å². The molecule has 0 fully saturated rings. The average Bonchev–Trinajstić information content (AvgIpc) is 2.97. The zero-order chi connectivity index (χ0) is 14.2. The molecule has 21 heavy (non-hydrogen) atoms. The first kappa shape index (κ1) is 12.5. The van der Waals surface area contributed by atoms with Gasteiger partial charge in [0.2, 0.25) is 0 Å². The predicted molar refractivity (Wildman–Crippen MR) is 86.8 cm³/mol. The lowest BCUT2D eigenvalue weighted by atomic mass is 9.98. The van der Waals surface area contributed by atoms with E-state index in [2.05, 4.69) is 64.5 Å². The highest BCUT2D eigenvalue weighted by Crippen LogP contribution is 2.32. The smallest absolute Gasteiger partial charge is 0.128 e. The molecule has 1 unspecified atom stereocenters. The molecule has 0 amide bonds. The third-order valence-corrected chi connectivity index (χ3v) is 4.42. The molecule has 3 aromatic rings. The molecule has 2 heterocycles. The first-order valence-corrected chi connectivity index (χ1v) is 7.66. The number of benzene rings is 2. The molecule has 106 valence electrons. The standard InChI is InChI=1S/C18H19N3/c1-2-13-12-20-21-17(9-10-19-18(13)21)16-8-7-14-5-3-4-6-15(14)11-16/h3-8,11-12,17,19H,2,9-10H2,1H3. The Kier molecular flexibility index (Phi) is 2.92. The fourth-order valence-electron chi connectivity index (χ4n) is 3.26. The van der Waals surface area contributed by atoms with E-state index in [0.29, 0.717) is 6.04 Å². The second kappa shape index (κ2) is 4.92. The summed E-state index contributed by atoms with van der Waals surface area (Å²) in [6.07, 6.45) is 4.10. The number of rotatable bonds is 2. The highest BCUT2D eigenvalue weighted by Gasteiger charge is 2.23. The van der Waals surface area contributed by atoms with Gasteiger partial charge in [0, 0.05) is 12.1 Å². The zero-order valence-electron chi connectivity index (χ0n) is 12.2. The van der Waals surface area contributed by atoms with Crippen molar-refractivity contribution in [1.82, 2.24) is 9.78 Å². The molecule has 1 atom stereocenters. The molecule has 0 spiro atoms. The molecule has 1 aliphatic rings. The van der Waals surface area contributed by atoms with Gasteiger partial charge in [-0.05, 0) is 35.2 Å². The highest BCUT2D eigenvalue weighted by atomic mass is 15.4. The van der Waals surface area contributed by atoms with Gasteiger partial charge in [0.1, 0.15) is 5.82 Å². The number of hydrogen-bond acceptors (Lipinski definition) is 2. The molecule has 2 aromatic carbocycles. The van der Waals surface area contributed by atoms with Gasteiger partial charge >= 0.3 is 0 Å². The Balaban J connectivity index is 1.81. The summed E-state index contributed by atoms with van der Waals surface area (Å²) in [5.41, 5.74) is 2.66. The Bertz CT molecular complexity index is 788. The van der Waals surface area contributed by atoms with Crippen LogP contribution >= 0.6 is 0 Å². The Hall–Kier alpha value is -2.29. The van der Waals surface area contributed by atoms with Crippen LogP contribution in [0.2, 0.25) is 0 Å². The van der Waals surface area contributed by atoms with Gasteiger partial charge < -0.3 is 5.32 Å². The molecule has 0 radical (unpaired) electrons. The van der Waals surface area contributed by atoms with Crippen LogP contribution in [0.1, 0.15) is 30.5 Å². The fraction of sp³-hybridized carbons (Fsp3) is 0.278. The van der Waals surface area contributed by atoms with Crippen molar-refractivity contribution >= 4 is 16.6 Å². The molecule has 0 aliphatic carbocycles. The molecule has 1 N–H and O–H groups in total. The lowest BCUT2D eigenvalue weighted by Crippen LogP contribution is -2.24. The minimum Gasteiger partial charge on any atom is -0.370 e. The number of nitrogens with one attached hydrogen (secondary N) is 1. The third kappa shape index (κ3) is 2.00. The Labute approximate surface area is 124 Å².